The SMILES string of the molecule is COc1ccc(C=CC(=O)NOCC(=O)O)cc1. The van der Waals surface area contributed by atoms with Crippen LogP contribution in [0.2, 0.25) is 0 Å². The lowest BCUT2D eigenvalue weighted by Gasteiger charge is -2.00. The van der Waals surface area contributed by atoms with Crippen LogP contribution in [-0.2, 0) is 14.4 Å². The maximum absolute atomic E-state index is 11.2. The van der Waals surface area contributed by atoms with Crippen LogP contribution < -0.4 is 10.2 Å². The van der Waals surface area contributed by atoms with Crippen molar-refractivity contribution < 1.29 is 24.3 Å². The van der Waals surface area contributed by atoms with Gasteiger partial charge in [0.15, 0.2) is 6.61 Å². The molecule has 96 valence electrons. The van der Waals surface area contributed by atoms with Crippen molar-refractivity contribution in [2.75, 3.05) is 13.7 Å². The number of carbonyl (C=O) groups excluding carboxylic acids is 1. The minimum atomic E-state index is -1.16. The summed E-state index contributed by atoms with van der Waals surface area (Å²) in [6, 6.07) is 7.08. The minimum absolute atomic E-state index is 0.535. The highest BCUT2D eigenvalue weighted by Gasteiger charge is 1.99. The predicted octanol–water partition coefficient (Wildman–Crippen LogP) is 0.841. The number of carboxylic acids is 1. The summed E-state index contributed by atoms with van der Waals surface area (Å²) in [6.45, 7) is -0.581. The standard InChI is InChI=1S/C12H13NO5/c1-17-10-5-2-9(3-6-10)4-7-11(14)13-18-8-12(15)16/h2-7H,8H2,1H3,(H,13,14)(H,15,16). The fourth-order valence-electron chi connectivity index (χ4n) is 1.09. The maximum atomic E-state index is 11.2. The third kappa shape index (κ3) is 5.13. The number of rotatable bonds is 6. The normalized spacial score (nSPS) is 10.3. The first-order chi connectivity index (χ1) is 8.61. The van der Waals surface area contributed by atoms with Gasteiger partial charge in [0.2, 0.25) is 0 Å². The molecule has 0 radical (unpaired) electrons. The Morgan fingerprint density at radius 1 is 1.33 bits per heavy atom. The van der Waals surface area contributed by atoms with Crippen LogP contribution in [0.4, 0.5) is 0 Å². The number of aliphatic carboxylic acids is 1. The van der Waals surface area contributed by atoms with Crippen LogP contribution in [0.25, 0.3) is 6.08 Å². The smallest absolute Gasteiger partial charge is 0.332 e. The lowest BCUT2D eigenvalue weighted by atomic mass is 10.2. The number of carbonyl (C=O) groups is 2. The van der Waals surface area contributed by atoms with E-state index in [9.17, 15) is 9.59 Å². The molecular formula is C12H13NO5. The Kier molecular flexibility index (Phi) is 5.40. The van der Waals surface area contributed by atoms with Gasteiger partial charge in [-0.1, -0.05) is 12.1 Å². The number of benzene rings is 1. The van der Waals surface area contributed by atoms with Crippen LogP contribution in [0, 0.1) is 0 Å². The highest BCUT2D eigenvalue weighted by Crippen LogP contribution is 2.11. The van der Waals surface area contributed by atoms with E-state index in [4.69, 9.17) is 9.84 Å². The lowest BCUT2D eigenvalue weighted by Crippen LogP contribution is -2.24. The summed E-state index contributed by atoms with van der Waals surface area (Å²) >= 11 is 0. The molecule has 0 aliphatic heterocycles. The molecule has 1 aromatic rings. The summed E-state index contributed by atoms with van der Waals surface area (Å²) in [4.78, 5) is 25.7. The van der Waals surface area contributed by atoms with Gasteiger partial charge in [-0.25, -0.2) is 10.3 Å². The maximum Gasteiger partial charge on any atom is 0.332 e. The molecule has 1 rings (SSSR count). The van der Waals surface area contributed by atoms with Crippen LogP contribution in [0.3, 0.4) is 0 Å². The van der Waals surface area contributed by atoms with E-state index in [0.29, 0.717) is 0 Å². The molecule has 0 bridgehead atoms. The van der Waals surface area contributed by atoms with Crippen LogP contribution in [0.5, 0.6) is 5.75 Å². The zero-order valence-electron chi connectivity index (χ0n) is 9.75. The van der Waals surface area contributed by atoms with Crippen molar-refractivity contribution in [1.82, 2.24) is 5.48 Å². The fraction of sp³-hybridized carbons (Fsp3) is 0.167. The van der Waals surface area contributed by atoms with Crippen molar-refractivity contribution in [2.24, 2.45) is 0 Å². The number of ether oxygens (including phenoxy) is 1. The molecule has 0 aliphatic carbocycles. The first-order valence-corrected chi connectivity index (χ1v) is 5.07. The Bertz CT molecular complexity index is 438. The van der Waals surface area contributed by atoms with Gasteiger partial charge in [-0.05, 0) is 23.8 Å². The van der Waals surface area contributed by atoms with Crippen molar-refractivity contribution >= 4 is 18.0 Å². The largest absolute Gasteiger partial charge is 0.497 e. The zero-order valence-corrected chi connectivity index (χ0v) is 9.75. The van der Waals surface area contributed by atoms with Crippen LogP contribution in [0.1, 0.15) is 5.56 Å². The molecule has 1 aromatic carbocycles. The summed E-state index contributed by atoms with van der Waals surface area (Å²) in [7, 11) is 1.57. The number of methoxy groups -OCH3 is 1. The number of carboxylic acid groups (broad SMARTS) is 1. The second-order valence-electron chi connectivity index (χ2n) is 3.26. The molecule has 0 saturated carbocycles. The molecule has 0 aromatic heterocycles. The average molecular weight is 251 g/mol. The molecule has 2 N–H and O–H groups in total. The Morgan fingerprint density at radius 2 is 2.00 bits per heavy atom. The molecule has 6 heteroatoms. The zero-order chi connectivity index (χ0) is 13.4. The van der Waals surface area contributed by atoms with Crippen molar-refractivity contribution in [3.8, 4) is 5.75 Å². The van der Waals surface area contributed by atoms with Crippen molar-refractivity contribution in [1.29, 1.82) is 0 Å². The number of nitrogens with one attached hydrogen (secondary N) is 1. The van der Waals surface area contributed by atoms with E-state index in [-0.39, 0.29) is 0 Å². The molecular weight excluding hydrogens is 238 g/mol. The average Bonchev–Trinajstić information content (AvgIpc) is 2.36. The Morgan fingerprint density at radius 3 is 2.56 bits per heavy atom. The summed E-state index contributed by atoms with van der Waals surface area (Å²) in [5.74, 6) is -0.970. The summed E-state index contributed by atoms with van der Waals surface area (Å²) in [5.41, 5.74) is 2.78. The molecule has 18 heavy (non-hydrogen) atoms. The fourth-order valence-corrected chi connectivity index (χ4v) is 1.09. The minimum Gasteiger partial charge on any atom is -0.497 e. The van der Waals surface area contributed by atoms with Gasteiger partial charge in [0, 0.05) is 6.08 Å². The summed E-state index contributed by atoms with van der Waals surface area (Å²) in [5, 5.41) is 8.28. The van der Waals surface area contributed by atoms with Gasteiger partial charge in [0.1, 0.15) is 5.75 Å². The highest BCUT2D eigenvalue weighted by molar-refractivity contribution is 5.91. The van der Waals surface area contributed by atoms with E-state index in [1.165, 1.54) is 6.08 Å². The van der Waals surface area contributed by atoms with Crippen LogP contribution >= 0.6 is 0 Å². The third-order valence-electron chi connectivity index (χ3n) is 1.91. The number of hydrogen-bond acceptors (Lipinski definition) is 4. The number of hydrogen-bond donors (Lipinski definition) is 2. The van der Waals surface area contributed by atoms with Gasteiger partial charge in [-0.2, -0.15) is 0 Å². The number of hydroxylamine groups is 1. The number of amides is 1. The van der Waals surface area contributed by atoms with Crippen LogP contribution in [0.15, 0.2) is 30.3 Å². The summed E-state index contributed by atoms with van der Waals surface area (Å²) < 4.78 is 4.99. The second kappa shape index (κ2) is 7.08. The molecule has 0 saturated heterocycles. The molecule has 0 unspecified atom stereocenters. The molecule has 6 nitrogen and oxygen atoms in total. The molecule has 0 fully saturated rings. The van der Waals surface area contributed by atoms with Crippen molar-refractivity contribution in [3.63, 3.8) is 0 Å². The van der Waals surface area contributed by atoms with Gasteiger partial charge in [0.25, 0.3) is 5.91 Å². The highest BCUT2D eigenvalue weighted by atomic mass is 16.7. The Balaban J connectivity index is 2.42. The molecule has 0 heterocycles. The predicted molar refractivity (Wildman–Crippen MR) is 63.8 cm³/mol. The van der Waals surface area contributed by atoms with E-state index in [2.05, 4.69) is 4.84 Å². The first-order valence-electron chi connectivity index (χ1n) is 5.07. The first kappa shape index (κ1) is 13.7. The van der Waals surface area contributed by atoms with Gasteiger partial charge in [0.05, 0.1) is 7.11 Å². The van der Waals surface area contributed by atoms with Gasteiger partial charge >= 0.3 is 5.97 Å². The topological polar surface area (TPSA) is 84.9 Å². The van der Waals surface area contributed by atoms with Crippen molar-refractivity contribution in [3.05, 3.63) is 35.9 Å². The molecule has 0 atom stereocenters. The lowest BCUT2D eigenvalue weighted by molar-refractivity contribution is -0.147. The summed E-state index contributed by atoms with van der Waals surface area (Å²) in [6.07, 6.45) is 2.81. The second-order valence-corrected chi connectivity index (χ2v) is 3.26. The van der Waals surface area contributed by atoms with Gasteiger partial charge in [-0.3, -0.25) is 9.63 Å². The quantitative estimate of drug-likeness (QED) is 0.578. The van der Waals surface area contributed by atoms with Crippen molar-refractivity contribution in [2.45, 2.75) is 0 Å². The van der Waals surface area contributed by atoms with Gasteiger partial charge < -0.3 is 9.84 Å². The van der Waals surface area contributed by atoms with E-state index >= 15 is 0 Å². The Labute approximate surface area is 104 Å². The van der Waals surface area contributed by atoms with E-state index in [1.54, 1.807) is 37.5 Å². The molecule has 0 aliphatic rings. The van der Waals surface area contributed by atoms with Gasteiger partial charge in [-0.15, -0.1) is 0 Å². The van der Waals surface area contributed by atoms with E-state index in [1.807, 2.05) is 5.48 Å². The molecule has 0 spiro atoms. The Hall–Kier alpha value is -2.34. The van der Waals surface area contributed by atoms with E-state index < -0.39 is 18.5 Å². The van der Waals surface area contributed by atoms with E-state index in [0.717, 1.165) is 11.3 Å². The molecule has 1 amide bonds. The third-order valence-corrected chi connectivity index (χ3v) is 1.91. The monoisotopic (exact) mass is 251 g/mol. The van der Waals surface area contributed by atoms with Crippen LogP contribution in [-0.4, -0.2) is 30.7 Å².